The Morgan fingerprint density at radius 1 is 1.61 bits per heavy atom. The van der Waals surface area contributed by atoms with Gasteiger partial charge in [0, 0.05) is 20.1 Å². The zero-order valence-electron chi connectivity index (χ0n) is 9.84. The quantitative estimate of drug-likeness (QED) is 0.483. The lowest BCUT2D eigenvalue weighted by atomic mass is 10.3. The first-order valence-corrected chi connectivity index (χ1v) is 5.24. The molecule has 1 unspecified atom stereocenters. The summed E-state index contributed by atoms with van der Waals surface area (Å²) >= 11 is 0. The van der Waals surface area contributed by atoms with Gasteiger partial charge in [-0.25, -0.2) is 14.6 Å². The van der Waals surface area contributed by atoms with Crippen LogP contribution in [-0.4, -0.2) is 58.6 Å². The number of nitrogens with zero attached hydrogens (tertiary/aromatic N) is 2. The molecule has 0 aromatic carbocycles. The number of amides is 2. The van der Waals surface area contributed by atoms with E-state index in [9.17, 15) is 9.59 Å². The second-order valence-corrected chi connectivity index (χ2v) is 3.43. The molecule has 0 bridgehead atoms. The Morgan fingerprint density at radius 3 is 2.94 bits per heavy atom. The molecule has 9 heteroatoms. The van der Waals surface area contributed by atoms with Crippen molar-refractivity contribution >= 4 is 12.0 Å². The van der Waals surface area contributed by atoms with Crippen LogP contribution in [-0.2, 0) is 16.0 Å². The maximum atomic E-state index is 11.4. The monoisotopic (exact) mass is 257 g/mol. The lowest BCUT2D eigenvalue weighted by molar-refractivity contribution is -0.140. The van der Waals surface area contributed by atoms with Gasteiger partial charge < -0.3 is 20.5 Å². The van der Waals surface area contributed by atoms with Crippen LogP contribution in [0.5, 0.6) is 0 Å². The number of urea groups is 1. The van der Waals surface area contributed by atoms with Crippen molar-refractivity contribution in [2.24, 2.45) is 0 Å². The molecule has 0 fully saturated rings. The third-order valence-corrected chi connectivity index (χ3v) is 2.05. The first-order chi connectivity index (χ1) is 8.63. The van der Waals surface area contributed by atoms with Crippen molar-refractivity contribution < 1.29 is 19.4 Å². The minimum Gasteiger partial charge on any atom is -0.480 e. The van der Waals surface area contributed by atoms with Crippen LogP contribution in [0.4, 0.5) is 4.79 Å². The van der Waals surface area contributed by atoms with Crippen molar-refractivity contribution in [3.8, 4) is 0 Å². The van der Waals surface area contributed by atoms with E-state index >= 15 is 0 Å². The fourth-order valence-corrected chi connectivity index (χ4v) is 1.20. The number of hydrogen-bond donors (Lipinski definition) is 4. The highest BCUT2D eigenvalue weighted by Crippen LogP contribution is 1.87. The van der Waals surface area contributed by atoms with Gasteiger partial charge in [-0.15, -0.1) is 0 Å². The number of H-pyrrole nitrogens is 1. The highest BCUT2D eigenvalue weighted by molar-refractivity contribution is 5.82. The van der Waals surface area contributed by atoms with E-state index in [2.05, 4.69) is 30.6 Å². The summed E-state index contributed by atoms with van der Waals surface area (Å²) in [5, 5.41) is 19.9. The predicted molar refractivity (Wildman–Crippen MR) is 59.9 cm³/mol. The smallest absolute Gasteiger partial charge is 0.328 e. The molecule has 1 rings (SSSR count). The van der Waals surface area contributed by atoms with E-state index in [4.69, 9.17) is 5.11 Å². The van der Waals surface area contributed by atoms with Crippen LogP contribution in [0.2, 0.25) is 0 Å². The summed E-state index contributed by atoms with van der Waals surface area (Å²) in [5.41, 5.74) is 0. The SMILES string of the molecule is COCC(NC(=O)NCCc1ncn[nH]1)C(=O)O. The molecule has 1 aromatic heterocycles. The molecule has 1 heterocycles. The van der Waals surface area contributed by atoms with Gasteiger partial charge in [0.25, 0.3) is 0 Å². The molecule has 1 atom stereocenters. The molecule has 0 aliphatic rings. The standard InChI is InChI=1S/C9H15N5O4/c1-18-4-6(8(15)16)13-9(17)10-3-2-7-11-5-12-14-7/h5-6H,2-4H2,1H3,(H,15,16)(H2,10,13,17)(H,11,12,14). The van der Waals surface area contributed by atoms with Crippen LogP contribution in [0.15, 0.2) is 6.33 Å². The molecule has 0 saturated carbocycles. The lowest BCUT2D eigenvalue weighted by Crippen LogP contribution is -2.48. The summed E-state index contributed by atoms with van der Waals surface area (Å²) in [5.74, 6) is -0.510. The van der Waals surface area contributed by atoms with Gasteiger partial charge in [-0.1, -0.05) is 0 Å². The van der Waals surface area contributed by atoms with Crippen molar-refractivity contribution in [2.45, 2.75) is 12.5 Å². The first-order valence-electron chi connectivity index (χ1n) is 5.24. The van der Waals surface area contributed by atoms with E-state index < -0.39 is 18.0 Å². The number of hydrogen-bond acceptors (Lipinski definition) is 5. The molecule has 18 heavy (non-hydrogen) atoms. The zero-order chi connectivity index (χ0) is 13.4. The Bertz CT molecular complexity index is 380. The van der Waals surface area contributed by atoms with Gasteiger partial charge in [0.15, 0.2) is 6.04 Å². The van der Waals surface area contributed by atoms with Crippen LogP contribution in [0, 0.1) is 0 Å². The number of carbonyl (C=O) groups excluding carboxylic acids is 1. The summed E-state index contributed by atoms with van der Waals surface area (Å²) in [4.78, 5) is 26.0. The van der Waals surface area contributed by atoms with Crippen LogP contribution >= 0.6 is 0 Å². The summed E-state index contributed by atoms with van der Waals surface area (Å²) in [6.07, 6.45) is 1.85. The first kappa shape index (κ1) is 13.9. The average molecular weight is 257 g/mol. The highest BCUT2D eigenvalue weighted by Gasteiger charge is 2.19. The molecular formula is C9H15N5O4. The number of rotatable bonds is 7. The fourth-order valence-electron chi connectivity index (χ4n) is 1.20. The van der Waals surface area contributed by atoms with E-state index in [0.29, 0.717) is 18.8 Å². The van der Waals surface area contributed by atoms with Crippen LogP contribution in [0.1, 0.15) is 5.82 Å². The van der Waals surface area contributed by atoms with Gasteiger partial charge in [0.1, 0.15) is 12.2 Å². The molecule has 100 valence electrons. The predicted octanol–water partition coefficient (Wildman–Crippen LogP) is -1.25. The third-order valence-electron chi connectivity index (χ3n) is 2.05. The molecule has 4 N–H and O–H groups in total. The Hall–Kier alpha value is -2.16. The number of ether oxygens (including phenoxy) is 1. The number of aliphatic carboxylic acids is 1. The number of aromatic nitrogens is 3. The number of carboxylic acids is 1. The number of carboxylic acid groups (broad SMARTS) is 1. The second-order valence-electron chi connectivity index (χ2n) is 3.43. The molecular weight excluding hydrogens is 242 g/mol. The lowest BCUT2D eigenvalue weighted by Gasteiger charge is -2.13. The third kappa shape index (κ3) is 4.78. The molecule has 1 aromatic rings. The number of nitrogens with one attached hydrogen (secondary N) is 3. The molecule has 2 amide bonds. The van der Waals surface area contributed by atoms with Crippen LogP contribution in [0.3, 0.4) is 0 Å². The molecule has 0 aliphatic heterocycles. The van der Waals surface area contributed by atoms with Crippen LogP contribution in [0.25, 0.3) is 0 Å². The summed E-state index contributed by atoms with van der Waals surface area (Å²) in [6.45, 7) is 0.227. The van der Waals surface area contributed by atoms with E-state index in [1.54, 1.807) is 0 Å². The van der Waals surface area contributed by atoms with Gasteiger partial charge in [0.2, 0.25) is 0 Å². The van der Waals surface area contributed by atoms with Crippen molar-refractivity contribution in [2.75, 3.05) is 20.3 Å². The van der Waals surface area contributed by atoms with E-state index in [-0.39, 0.29) is 6.61 Å². The molecule has 0 saturated heterocycles. The van der Waals surface area contributed by atoms with Crippen molar-refractivity contribution in [1.82, 2.24) is 25.8 Å². The zero-order valence-corrected chi connectivity index (χ0v) is 9.84. The van der Waals surface area contributed by atoms with Gasteiger partial charge in [-0.05, 0) is 0 Å². The minimum absolute atomic E-state index is 0.0924. The van der Waals surface area contributed by atoms with Gasteiger partial charge >= 0.3 is 12.0 Å². The fraction of sp³-hybridized carbons (Fsp3) is 0.556. The summed E-state index contributed by atoms with van der Waals surface area (Å²) in [6, 6.07) is -1.64. The molecule has 0 radical (unpaired) electrons. The minimum atomic E-state index is -1.15. The largest absolute Gasteiger partial charge is 0.480 e. The highest BCUT2D eigenvalue weighted by atomic mass is 16.5. The average Bonchev–Trinajstić information content (AvgIpc) is 2.81. The Balaban J connectivity index is 2.25. The van der Waals surface area contributed by atoms with Crippen molar-refractivity contribution in [3.63, 3.8) is 0 Å². The van der Waals surface area contributed by atoms with Gasteiger partial charge in [0.05, 0.1) is 6.61 Å². The molecule has 0 aliphatic carbocycles. The Labute approximate surface area is 103 Å². The summed E-state index contributed by atoms with van der Waals surface area (Å²) in [7, 11) is 1.36. The second kappa shape index (κ2) is 7.22. The summed E-state index contributed by atoms with van der Waals surface area (Å²) < 4.78 is 4.68. The van der Waals surface area contributed by atoms with Crippen molar-refractivity contribution in [3.05, 3.63) is 12.2 Å². The normalized spacial score (nSPS) is 11.8. The van der Waals surface area contributed by atoms with Gasteiger partial charge in [-0.2, -0.15) is 5.10 Å². The Kier molecular flexibility index (Phi) is 5.58. The number of methoxy groups -OCH3 is 1. The van der Waals surface area contributed by atoms with E-state index in [0.717, 1.165) is 0 Å². The van der Waals surface area contributed by atoms with Gasteiger partial charge in [-0.3, -0.25) is 5.10 Å². The molecule has 9 nitrogen and oxygen atoms in total. The topological polar surface area (TPSA) is 129 Å². The van der Waals surface area contributed by atoms with E-state index in [1.165, 1.54) is 13.4 Å². The number of aromatic amines is 1. The van der Waals surface area contributed by atoms with E-state index in [1.807, 2.05) is 0 Å². The Morgan fingerprint density at radius 2 is 2.39 bits per heavy atom. The maximum absolute atomic E-state index is 11.4. The molecule has 0 spiro atoms. The van der Waals surface area contributed by atoms with Crippen molar-refractivity contribution in [1.29, 1.82) is 0 Å². The van der Waals surface area contributed by atoms with Crippen LogP contribution < -0.4 is 10.6 Å². The maximum Gasteiger partial charge on any atom is 0.328 e. The number of carbonyl (C=O) groups is 2.